The summed E-state index contributed by atoms with van der Waals surface area (Å²) in [6.45, 7) is 4.96. The number of amides is 2. The van der Waals surface area contributed by atoms with Crippen molar-refractivity contribution in [1.29, 1.82) is 0 Å². The number of halogens is 3. The summed E-state index contributed by atoms with van der Waals surface area (Å²) in [5.41, 5.74) is -1.28. The van der Waals surface area contributed by atoms with Crippen LogP contribution in [0.15, 0.2) is 53.4 Å². The van der Waals surface area contributed by atoms with Crippen LogP contribution in [0.5, 0.6) is 5.75 Å². The van der Waals surface area contributed by atoms with Crippen molar-refractivity contribution in [2.45, 2.75) is 68.8 Å². The Morgan fingerprint density at radius 1 is 1.02 bits per heavy atom. The van der Waals surface area contributed by atoms with Gasteiger partial charge in [-0.2, -0.15) is 17.5 Å². The van der Waals surface area contributed by atoms with E-state index >= 15 is 0 Å². The first-order chi connectivity index (χ1) is 19.4. The molecule has 3 rings (SSSR count). The van der Waals surface area contributed by atoms with Crippen molar-refractivity contribution in [3.63, 3.8) is 0 Å². The molecule has 14 heteroatoms. The van der Waals surface area contributed by atoms with Gasteiger partial charge in [-0.25, -0.2) is 18.0 Å². The van der Waals surface area contributed by atoms with Gasteiger partial charge in [0, 0.05) is 27.1 Å². The molecular formula is C28H34F3N3O7S. The molecule has 0 unspecified atom stereocenters. The Morgan fingerprint density at radius 3 is 2.14 bits per heavy atom. The highest BCUT2D eigenvalue weighted by molar-refractivity contribution is 7.89. The fraction of sp³-hybridized carbons (Fsp3) is 0.464. The number of alkyl halides is 3. The smallest absolute Gasteiger partial charge is 0.416 e. The van der Waals surface area contributed by atoms with Crippen molar-refractivity contribution in [2.24, 2.45) is 0 Å². The lowest BCUT2D eigenvalue weighted by atomic mass is 10.0. The normalized spacial score (nSPS) is 16.9. The number of nitrogens with one attached hydrogen (secondary N) is 1. The summed E-state index contributed by atoms with van der Waals surface area (Å²) in [6, 6.07) is 6.95. The fourth-order valence-corrected chi connectivity index (χ4v) is 5.85. The molecule has 1 fully saturated rings. The van der Waals surface area contributed by atoms with Gasteiger partial charge in [-0.1, -0.05) is 12.1 Å². The first kappa shape index (κ1) is 32.9. The average Bonchev–Trinajstić information content (AvgIpc) is 3.39. The second kappa shape index (κ2) is 12.7. The second-order valence-electron chi connectivity index (χ2n) is 11.0. The van der Waals surface area contributed by atoms with Gasteiger partial charge in [0.25, 0.3) is 0 Å². The van der Waals surface area contributed by atoms with Crippen molar-refractivity contribution in [1.82, 2.24) is 14.5 Å². The van der Waals surface area contributed by atoms with E-state index < -0.39 is 57.4 Å². The van der Waals surface area contributed by atoms with Crippen molar-refractivity contribution >= 4 is 28.0 Å². The molecule has 1 heterocycles. The zero-order valence-corrected chi connectivity index (χ0v) is 24.7. The molecule has 0 bridgehead atoms. The largest absolute Gasteiger partial charge is 0.458 e. The lowest BCUT2D eigenvalue weighted by molar-refractivity contribution is -0.158. The van der Waals surface area contributed by atoms with E-state index in [0.717, 1.165) is 16.4 Å². The molecule has 2 aromatic carbocycles. The standard InChI is InChI=1S/C28H34F3N3O7S/c1-27(2,3)41-25(36)22(17-18-8-12-20(13-9-18)40-26(37)33(4)5)32-24(35)23-7-6-16-34(23)42(38,39)21-14-10-19(11-15-21)28(29,30)31/h8-15,22-23H,6-7,16-17H2,1-5H3,(H,32,35)/t22-,23-/m0/s1. The zero-order valence-electron chi connectivity index (χ0n) is 23.9. The van der Waals surface area contributed by atoms with Gasteiger partial charge < -0.3 is 19.7 Å². The summed E-state index contributed by atoms with van der Waals surface area (Å²) in [4.78, 5) is 39.1. The molecule has 0 spiro atoms. The number of esters is 1. The topological polar surface area (TPSA) is 122 Å². The second-order valence-corrected chi connectivity index (χ2v) is 12.9. The quantitative estimate of drug-likeness (QED) is 0.447. The predicted molar refractivity (Wildman–Crippen MR) is 146 cm³/mol. The minimum Gasteiger partial charge on any atom is -0.458 e. The number of hydrogen-bond acceptors (Lipinski definition) is 7. The zero-order chi connectivity index (χ0) is 31.5. The number of ether oxygens (including phenoxy) is 2. The molecular weight excluding hydrogens is 579 g/mol. The number of carbonyl (C=O) groups excluding carboxylic acids is 3. The number of hydrogen-bond donors (Lipinski definition) is 1. The van der Waals surface area contributed by atoms with Crippen molar-refractivity contribution in [2.75, 3.05) is 20.6 Å². The first-order valence-corrected chi connectivity index (χ1v) is 14.5. The van der Waals surface area contributed by atoms with Gasteiger partial charge in [0.1, 0.15) is 23.4 Å². The summed E-state index contributed by atoms with van der Waals surface area (Å²) in [7, 11) is -1.25. The summed E-state index contributed by atoms with van der Waals surface area (Å²) < 4.78 is 77.1. The van der Waals surface area contributed by atoms with E-state index in [4.69, 9.17) is 9.47 Å². The van der Waals surface area contributed by atoms with Crippen LogP contribution < -0.4 is 10.1 Å². The molecule has 0 aliphatic carbocycles. The minimum atomic E-state index is -4.63. The monoisotopic (exact) mass is 613 g/mol. The highest BCUT2D eigenvalue weighted by atomic mass is 32.2. The highest BCUT2D eigenvalue weighted by Gasteiger charge is 2.41. The molecule has 230 valence electrons. The lowest BCUT2D eigenvalue weighted by Gasteiger charge is -2.28. The van der Waals surface area contributed by atoms with Gasteiger partial charge >= 0.3 is 18.2 Å². The highest BCUT2D eigenvalue weighted by Crippen LogP contribution is 2.32. The summed E-state index contributed by atoms with van der Waals surface area (Å²) >= 11 is 0. The molecule has 1 aliphatic heterocycles. The van der Waals surface area contributed by atoms with E-state index in [9.17, 15) is 36.0 Å². The average molecular weight is 614 g/mol. The van der Waals surface area contributed by atoms with Crippen molar-refractivity contribution < 1.29 is 45.4 Å². The Balaban J connectivity index is 1.80. The Hall–Kier alpha value is -3.65. The van der Waals surface area contributed by atoms with Crippen LogP contribution in [-0.2, 0) is 36.9 Å². The molecule has 1 saturated heterocycles. The Kier molecular flexibility index (Phi) is 9.93. The Morgan fingerprint density at radius 2 is 1.62 bits per heavy atom. The molecule has 0 saturated carbocycles. The van der Waals surface area contributed by atoms with Crippen LogP contribution in [0, 0.1) is 0 Å². The fourth-order valence-electron chi connectivity index (χ4n) is 4.20. The van der Waals surface area contributed by atoms with Gasteiger partial charge in [0.15, 0.2) is 0 Å². The van der Waals surface area contributed by atoms with Crippen LogP contribution in [0.1, 0.15) is 44.7 Å². The predicted octanol–water partition coefficient (Wildman–Crippen LogP) is 3.99. The number of carbonyl (C=O) groups is 3. The number of nitrogens with zero attached hydrogens (tertiary/aromatic N) is 2. The van der Waals surface area contributed by atoms with Crippen molar-refractivity contribution in [3.8, 4) is 5.75 Å². The minimum absolute atomic E-state index is 0.0130. The van der Waals surface area contributed by atoms with Gasteiger partial charge in [-0.05, 0) is 75.6 Å². The molecule has 0 aromatic heterocycles. The molecule has 2 amide bonds. The third-order valence-electron chi connectivity index (χ3n) is 6.24. The van der Waals surface area contributed by atoms with E-state index in [2.05, 4.69) is 5.32 Å². The van der Waals surface area contributed by atoms with E-state index in [1.807, 2.05) is 0 Å². The molecule has 10 nitrogen and oxygen atoms in total. The summed E-state index contributed by atoms with van der Waals surface area (Å²) in [6.07, 6.45) is -4.73. The maximum atomic E-state index is 13.4. The molecule has 1 aliphatic rings. The molecule has 2 atom stereocenters. The van der Waals surface area contributed by atoms with Crippen LogP contribution in [0.25, 0.3) is 0 Å². The summed E-state index contributed by atoms with van der Waals surface area (Å²) in [5.74, 6) is -1.21. The maximum absolute atomic E-state index is 13.4. The third kappa shape index (κ3) is 8.44. The molecule has 2 aromatic rings. The molecule has 42 heavy (non-hydrogen) atoms. The van der Waals surface area contributed by atoms with E-state index in [1.54, 1.807) is 32.9 Å². The molecule has 1 N–H and O–H groups in total. The van der Waals surface area contributed by atoms with Crippen LogP contribution in [0.2, 0.25) is 0 Å². The van der Waals surface area contributed by atoms with Crippen LogP contribution in [0.4, 0.5) is 18.0 Å². The van der Waals surface area contributed by atoms with E-state index in [-0.39, 0.29) is 30.0 Å². The summed E-state index contributed by atoms with van der Waals surface area (Å²) in [5, 5.41) is 2.61. The van der Waals surface area contributed by atoms with Gasteiger partial charge in [-0.15, -0.1) is 0 Å². The van der Waals surface area contributed by atoms with Gasteiger partial charge in [0.2, 0.25) is 15.9 Å². The maximum Gasteiger partial charge on any atom is 0.416 e. The number of benzene rings is 2. The van der Waals surface area contributed by atoms with Crippen LogP contribution in [0.3, 0.4) is 0 Å². The third-order valence-corrected chi connectivity index (χ3v) is 8.16. The van der Waals surface area contributed by atoms with Crippen LogP contribution >= 0.6 is 0 Å². The van der Waals surface area contributed by atoms with Crippen molar-refractivity contribution in [3.05, 3.63) is 59.7 Å². The Bertz CT molecular complexity index is 1390. The van der Waals surface area contributed by atoms with E-state index in [0.29, 0.717) is 24.1 Å². The molecule has 0 radical (unpaired) electrons. The lowest BCUT2D eigenvalue weighted by Crippen LogP contribution is -2.52. The first-order valence-electron chi connectivity index (χ1n) is 13.1. The van der Waals surface area contributed by atoms with E-state index in [1.165, 1.54) is 31.1 Å². The van der Waals surface area contributed by atoms with Gasteiger partial charge in [0.05, 0.1) is 10.5 Å². The van der Waals surface area contributed by atoms with Gasteiger partial charge in [-0.3, -0.25) is 4.79 Å². The number of sulfonamides is 1. The SMILES string of the molecule is CN(C)C(=O)Oc1ccc(C[C@H](NC(=O)[C@@H]2CCCN2S(=O)(=O)c2ccc(C(F)(F)F)cc2)C(=O)OC(C)(C)C)cc1. The number of rotatable bonds is 8. The van der Waals surface area contributed by atoms with Crippen LogP contribution in [-0.4, -0.2) is 73.9 Å². The Labute approximate surface area is 242 Å².